The lowest BCUT2D eigenvalue weighted by atomic mass is 10.0. The molecule has 2 rings (SSSR count). The zero-order chi connectivity index (χ0) is 11.4. The van der Waals surface area contributed by atoms with Gasteiger partial charge < -0.3 is 5.32 Å². The first-order valence-electron chi connectivity index (χ1n) is 5.29. The lowest BCUT2D eigenvalue weighted by Gasteiger charge is -2.05. The van der Waals surface area contributed by atoms with Gasteiger partial charge in [-0.3, -0.25) is 0 Å². The summed E-state index contributed by atoms with van der Waals surface area (Å²) in [5.41, 5.74) is 3.81. The number of halogens is 1. The first kappa shape index (κ1) is 11.4. The quantitative estimate of drug-likeness (QED) is 0.898. The summed E-state index contributed by atoms with van der Waals surface area (Å²) in [4.78, 5) is 0. The molecule has 0 amide bonds. The molecule has 2 aromatic rings. The van der Waals surface area contributed by atoms with E-state index in [-0.39, 0.29) is 0 Å². The summed E-state index contributed by atoms with van der Waals surface area (Å²) in [7, 11) is 1.96. The first-order valence-corrected chi connectivity index (χ1v) is 6.08. The molecule has 1 nitrogen and oxygen atoms in total. The summed E-state index contributed by atoms with van der Waals surface area (Å²) in [6.45, 7) is 0.905. The maximum Gasteiger partial charge on any atom is 0.0202 e. The Kier molecular flexibility index (Phi) is 3.75. The maximum absolute atomic E-state index is 3.50. The molecule has 0 heterocycles. The van der Waals surface area contributed by atoms with Gasteiger partial charge in [-0.25, -0.2) is 0 Å². The van der Waals surface area contributed by atoms with Crippen molar-refractivity contribution in [1.82, 2.24) is 5.32 Å². The average molecular weight is 276 g/mol. The summed E-state index contributed by atoms with van der Waals surface area (Å²) in [5, 5.41) is 3.16. The van der Waals surface area contributed by atoms with Gasteiger partial charge in [0.05, 0.1) is 0 Å². The fourth-order valence-electron chi connectivity index (χ4n) is 1.73. The van der Waals surface area contributed by atoms with Crippen molar-refractivity contribution in [1.29, 1.82) is 0 Å². The molecule has 0 saturated heterocycles. The van der Waals surface area contributed by atoms with Gasteiger partial charge in [-0.2, -0.15) is 0 Å². The van der Waals surface area contributed by atoms with Crippen molar-refractivity contribution >= 4 is 15.9 Å². The Balaban J connectivity index is 2.36. The van der Waals surface area contributed by atoms with Gasteiger partial charge in [-0.15, -0.1) is 0 Å². The number of nitrogens with one attached hydrogen (secondary N) is 1. The third-order valence-electron chi connectivity index (χ3n) is 2.47. The van der Waals surface area contributed by atoms with Crippen LogP contribution in [0.15, 0.2) is 53.0 Å². The van der Waals surface area contributed by atoms with E-state index in [0.717, 1.165) is 11.0 Å². The normalized spacial score (nSPS) is 10.4. The highest BCUT2D eigenvalue weighted by molar-refractivity contribution is 9.10. The van der Waals surface area contributed by atoms with Gasteiger partial charge in [0.25, 0.3) is 0 Å². The van der Waals surface area contributed by atoms with E-state index in [1.807, 2.05) is 13.1 Å². The van der Waals surface area contributed by atoms with Gasteiger partial charge in [-0.1, -0.05) is 46.3 Å². The Labute approximate surface area is 105 Å². The van der Waals surface area contributed by atoms with Crippen molar-refractivity contribution in [3.05, 3.63) is 58.6 Å². The molecule has 0 spiro atoms. The molecule has 82 valence electrons. The number of rotatable bonds is 3. The van der Waals surface area contributed by atoms with E-state index in [0.29, 0.717) is 0 Å². The Bertz CT molecular complexity index is 480. The van der Waals surface area contributed by atoms with Crippen molar-refractivity contribution in [2.45, 2.75) is 6.54 Å². The molecule has 0 aliphatic heterocycles. The molecule has 0 bridgehead atoms. The highest BCUT2D eigenvalue weighted by Crippen LogP contribution is 2.23. The van der Waals surface area contributed by atoms with E-state index in [4.69, 9.17) is 0 Å². The average Bonchev–Trinajstić information content (AvgIpc) is 2.30. The highest BCUT2D eigenvalue weighted by atomic mass is 79.9. The SMILES string of the molecule is CNCc1cccc(-c2cccc(Br)c2)c1. The second-order valence-corrected chi connectivity index (χ2v) is 4.66. The fraction of sp³-hybridized carbons (Fsp3) is 0.143. The monoisotopic (exact) mass is 275 g/mol. The standard InChI is InChI=1S/C14H14BrN/c1-16-10-11-4-2-5-12(8-11)13-6-3-7-14(15)9-13/h2-9,16H,10H2,1H3. The molecule has 0 fully saturated rings. The van der Waals surface area contributed by atoms with Crippen LogP contribution in [0.3, 0.4) is 0 Å². The predicted molar refractivity (Wildman–Crippen MR) is 72.3 cm³/mol. The van der Waals surface area contributed by atoms with Crippen LogP contribution in [0.2, 0.25) is 0 Å². The van der Waals surface area contributed by atoms with Gasteiger partial charge in [0.1, 0.15) is 0 Å². The lowest BCUT2D eigenvalue weighted by Crippen LogP contribution is -2.04. The minimum Gasteiger partial charge on any atom is -0.316 e. The van der Waals surface area contributed by atoms with Crippen LogP contribution < -0.4 is 5.32 Å². The van der Waals surface area contributed by atoms with E-state index in [2.05, 4.69) is 63.7 Å². The van der Waals surface area contributed by atoms with Crippen molar-refractivity contribution in [2.24, 2.45) is 0 Å². The predicted octanol–water partition coefficient (Wildman–Crippen LogP) is 3.84. The smallest absolute Gasteiger partial charge is 0.0202 e. The minimum atomic E-state index is 0.905. The van der Waals surface area contributed by atoms with Gasteiger partial charge in [0.2, 0.25) is 0 Å². The molecule has 0 saturated carbocycles. The maximum atomic E-state index is 3.50. The number of benzene rings is 2. The molecule has 0 aromatic heterocycles. The molecule has 0 aliphatic rings. The van der Waals surface area contributed by atoms with E-state index in [1.165, 1.54) is 16.7 Å². The molecule has 0 radical (unpaired) electrons. The Hall–Kier alpha value is -1.12. The largest absolute Gasteiger partial charge is 0.316 e. The highest BCUT2D eigenvalue weighted by Gasteiger charge is 1.99. The number of hydrogen-bond acceptors (Lipinski definition) is 1. The molecule has 2 heteroatoms. The minimum absolute atomic E-state index is 0.905. The first-order chi connectivity index (χ1) is 7.79. The molecule has 16 heavy (non-hydrogen) atoms. The van der Waals surface area contributed by atoms with Gasteiger partial charge >= 0.3 is 0 Å². The van der Waals surface area contributed by atoms with Crippen LogP contribution in [0.5, 0.6) is 0 Å². The molecule has 0 aliphatic carbocycles. The number of hydrogen-bond donors (Lipinski definition) is 1. The van der Waals surface area contributed by atoms with E-state index in [1.54, 1.807) is 0 Å². The van der Waals surface area contributed by atoms with Crippen LogP contribution >= 0.6 is 15.9 Å². The van der Waals surface area contributed by atoms with Crippen LogP contribution in [0.1, 0.15) is 5.56 Å². The molecule has 0 atom stereocenters. The third-order valence-corrected chi connectivity index (χ3v) is 2.96. The third kappa shape index (κ3) is 2.71. The van der Waals surface area contributed by atoms with E-state index >= 15 is 0 Å². The van der Waals surface area contributed by atoms with Crippen molar-refractivity contribution in [3.63, 3.8) is 0 Å². The summed E-state index contributed by atoms with van der Waals surface area (Å²) in [5.74, 6) is 0. The topological polar surface area (TPSA) is 12.0 Å². The lowest BCUT2D eigenvalue weighted by molar-refractivity contribution is 0.818. The van der Waals surface area contributed by atoms with Gasteiger partial charge in [0.15, 0.2) is 0 Å². The van der Waals surface area contributed by atoms with Crippen LogP contribution in [0.4, 0.5) is 0 Å². The summed E-state index contributed by atoms with van der Waals surface area (Å²) < 4.78 is 1.11. The fourth-order valence-corrected chi connectivity index (χ4v) is 2.13. The van der Waals surface area contributed by atoms with Crippen molar-refractivity contribution in [3.8, 4) is 11.1 Å². The van der Waals surface area contributed by atoms with Crippen LogP contribution in [-0.2, 0) is 6.54 Å². The molecule has 2 aromatic carbocycles. The molecular formula is C14H14BrN. The zero-order valence-corrected chi connectivity index (χ0v) is 10.8. The summed E-state index contributed by atoms with van der Waals surface area (Å²) >= 11 is 3.50. The zero-order valence-electron chi connectivity index (χ0n) is 9.20. The van der Waals surface area contributed by atoms with Crippen molar-refractivity contribution in [2.75, 3.05) is 7.05 Å². The summed E-state index contributed by atoms with van der Waals surface area (Å²) in [6.07, 6.45) is 0. The van der Waals surface area contributed by atoms with Crippen molar-refractivity contribution < 1.29 is 0 Å². The van der Waals surface area contributed by atoms with Crippen LogP contribution in [0.25, 0.3) is 11.1 Å². The van der Waals surface area contributed by atoms with E-state index < -0.39 is 0 Å². The Morgan fingerprint density at radius 2 is 1.69 bits per heavy atom. The second-order valence-electron chi connectivity index (χ2n) is 3.74. The molecule has 1 N–H and O–H groups in total. The van der Waals surface area contributed by atoms with Crippen LogP contribution in [-0.4, -0.2) is 7.05 Å². The second kappa shape index (κ2) is 5.28. The van der Waals surface area contributed by atoms with Gasteiger partial charge in [0, 0.05) is 11.0 Å². The molecule has 0 unspecified atom stereocenters. The van der Waals surface area contributed by atoms with E-state index in [9.17, 15) is 0 Å². The van der Waals surface area contributed by atoms with Crippen LogP contribution in [0, 0.1) is 0 Å². The summed E-state index contributed by atoms with van der Waals surface area (Å²) in [6, 6.07) is 17.0. The Morgan fingerprint density at radius 3 is 2.38 bits per heavy atom. The molecular weight excluding hydrogens is 262 g/mol. The Morgan fingerprint density at radius 1 is 1.00 bits per heavy atom. The van der Waals surface area contributed by atoms with Gasteiger partial charge in [-0.05, 0) is 41.9 Å².